The van der Waals surface area contributed by atoms with Crippen LogP contribution < -0.4 is 10.6 Å². The number of nitrogens with zero attached hydrogens (tertiary/aromatic N) is 3. The Kier molecular flexibility index (Phi) is 3.46. The van der Waals surface area contributed by atoms with Crippen molar-refractivity contribution >= 4 is 11.7 Å². The molecule has 0 fully saturated rings. The van der Waals surface area contributed by atoms with Crippen LogP contribution in [0.2, 0.25) is 0 Å². The second-order valence-electron chi connectivity index (χ2n) is 3.39. The smallest absolute Gasteiger partial charge is 0.319 e. The van der Waals surface area contributed by atoms with E-state index in [1.165, 1.54) is 12.3 Å². The molecule has 2 amide bonds. The molecule has 7 nitrogen and oxygen atoms in total. The van der Waals surface area contributed by atoms with Crippen molar-refractivity contribution in [3.8, 4) is 0 Å². The number of anilines is 1. The van der Waals surface area contributed by atoms with Crippen molar-refractivity contribution in [2.45, 2.75) is 13.5 Å². The van der Waals surface area contributed by atoms with Crippen LogP contribution in [-0.2, 0) is 6.54 Å². The summed E-state index contributed by atoms with van der Waals surface area (Å²) in [7, 11) is 0. The minimum absolute atomic E-state index is 0.0480. The molecule has 0 aliphatic carbocycles. The van der Waals surface area contributed by atoms with E-state index in [4.69, 9.17) is 4.52 Å². The molecule has 0 unspecified atom stereocenters. The van der Waals surface area contributed by atoms with Crippen molar-refractivity contribution in [1.29, 1.82) is 0 Å². The second kappa shape index (κ2) is 5.21. The number of halogens is 1. The first-order valence-corrected chi connectivity index (χ1v) is 5.08. The number of nitrogens with one attached hydrogen (secondary N) is 2. The number of aromatic nitrogens is 3. The zero-order valence-corrected chi connectivity index (χ0v) is 9.48. The van der Waals surface area contributed by atoms with Gasteiger partial charge >= 0.3 is 6.03 Å². The molecule has 0 atom stereocenters. The van der Waals surface area contributed by atoms with Crippen molar-refractivity contribution in [3.63, 3.8) is 0 Å². The van der Waals surface area contributed by atoms with Crippen LogP contribution in [0.4, 0.5) is 14.9 Å². The van der Waals surface area contributed by atoms with Crippen molar-refractivity contribution in [3.05, 3.63) is 36.0 Å². The molecule has 2 N–H and O–H groups in total. The average Bonchev–Trinajstić information content (AvgIpc) is 2.76. The van der Waals surface area contributed by atoms with Gasteiger partial charge in [0.15, 0.2) is 11.6 Å². The van der Waals surface area contributed by atoms with Gasteiger partial charge in [-0.1, -0.05) is 5.16 Å². The van der Waals surface area contributed by atoms with Gasteiger partial charge in [-0.05, 0) is 6.07 Å². The normalized spacial score (nSPS) is 10.1. The maximum atomic E-state index is 13.2. The quantitative estimate of drug-likeness (QED) is 0.855. The predicted molar refractivity (Wildman–Crippen MR) is 59.1 cm³/mol. The highest BCUT2D eigenvalue weighted by molar-refractivity contribution is 5.89. The fourth-order valence-corrected chi connectivity index (χ4v) is 1.22. The van der Waals surface area contributed by atoms with E-state index in [1.54, 1.807) is 6.92 Å². The molecule has 0 aliphatic heterocycles. The SMILES string of the molecule is Cc1nc(CNC(=O)Nc2ccncc2F)no1. The summed E-state index contributed by atoms with van der Waals surface area (Å²) < 4.78 is 17.9. The van der Waals surface area contributed by atoms with Crippen LogP contribution in [0, 0.1) is 12.7 Å². The monoisotopic (exact) mass is 251 g/mol. The van der Waals surface area contributed by atoms with E-state index in [9.17, 15) is 9.18 Å². The molecular weight excluding hydrogens is 241 g/mol. The van der Waals surface area contributed by atoms with Gasteiger partial charge in [0.05, 0.1) is 18.4 Å². The predicted octanol–water partition coefficient (Wildman–Crippen LogP) is 1.23. The Labute approximate surface area is 101 Å². The van der Waals surface area contributed by atoms with Crippen molar-refractivity contribution in [2.24, 2.45) is 0 Å². The average molecular weight is 251 g/mol. The number of hydrogen-bond acceptors (Lipinski definition) is 5. The van der Waals surface area contributed by atoms with Crippen LogP contribution in [0.25, 0.3) is 0 Å². The van der Waals surface area contributed by atoms with Crippen LogP contribution in [0.5, 0.6) is 0 Å². The summed E-state index contributed by atoms with van der Waals surface area (Å²) in [6.45, 7) is 1.73. The minimum Gasteiger partial charge on any atom is -0.340 e. The van der Waals surface area contributed by atoms with Crippen LogP contribution in [0.1, 0.15) is 11.7 Å². The fourth-order valence-electron chi connectivity index (χ4n) is 1.22. The molecule has 0 aliphatic rings. The molecule has 0 spiro atoms. The molecule has 2 rings (SSSR count). The summed E-state index contributed by atoms with van der Waals surface area (Å²) in [6.07, 6.45) is 2.39. The standard InChI is InChI=1S/C10H10FN5O2/c1-6-14-9(16-18-6)5-13-10(17)15-8-2-3-12-4-7(8)11/h2-4H,5H2,1H3,(H2,12,13,15,17). The van der Waals surface area contributed by atoms with Gasteiger partial charge in [0.25, 0.3) is 0 Å². The van der Waals surface area contributed by atoms with Crippen molar-refractivity contribution < 1.29 is 13.7 Å². The third-order valence-electron chi connectivity index (χ3n) is 2.00. The van der Waals surface area contributed by atoms with Gasteiger partial charge in [0, 0.05) is 13.1 Å². The van der Waals surface area contributed by atoms with E-state index < -0.39 is 11.8 Å². The molecule has 0 bridgehead atoms. The maximum Gasteiger partial charge on any atom is 0.319 e. The molecule has 8 heteroatoms. The molecule has 94 valence electrons. The van der Waals surface area contributed by atoms with E-state index >= 15 is 0 Å². The van der Waals surface area contributed by atoms with E-state index in [0.29, 0.717) is 11.7 Å². The Morgan fingerprint density at radius 3 is 3.06 bits per heavy atom. The van der Waals surface area contributed by atoms with Gasteiger partial charge in [-0.3, -0.25) is 4.98 Å². The van der Waals surface area contributed by atoms with E-state index in [-0.39, 0.29) is 12.2 Å². The Bertz CT molecular complexity index is 557. The lowest BCUT2D eigenvalue weighted by molar-refractivity contribution is 0.251. The zero-order valence-electron chi connectivity index (χ0n) is 9.48. The Hall–Kier alpha value is -2.51. The number of carbonyl (C=O) groups is 1. The molecule has 18 heavy (non-hydrogen) atoms. The summed E-state index contributed by atoms with van der Waals surface area (Å²) >= 11 is 0. The number of rotatable bonds is 3. The lowest BCUT2D eigenvalue weighted by atomic mass is 10.4. The van der Waals surface area contributed by atoms with Crippen molar-refractivity contribution in [2.75, 3.05) is 5.32 Å². The molecular formula is C10H10FN5O2. The van der Waals surface area contributed by atoms with E-state index in [0.717, 1.165) is 6.20 Å². The van der Waals surface area contributed by atoms with Gasteiger partial charge in [0.2, 0.25) is 5.89 Å². The van der Waals surface area contributed by atoms with Crippen LogP contribution in [0.15, 0.2) is 23.0 Å². The Morgan fingerprint density at radius 1 is 1.56 bits per heavy atom. The molecule has 0 saturated heterocycles. The van der Waals surface area contributed by atoms with Gasteiger partial charge in [-0.25, -0.2) is 9.18 Å². The number of carbonyl (C=O) groups excluding carboxylic acids is 1. The molecule has 2 heterocycles. The Balaban J connectivity index is 1.88. The highest BCUT2D eigenvalue weighted by Gasteiger charge is 2.08. The first kappa shape index (κ1) is 12.0. The molecule has 0 aromatic carbocycles. The summed E-state index contributed by atoms with van der Waals surface area (Å²) in [4.78, 5) is 18.9. The number of aryl methyl sites for hydroxylation is 1. The van der Waals surface area contributed by atoms with Crippen LogP contribution in [-0.4, -0.2) is 21.2 Å². The summed E-state index contributed by atoms with van der Waals surface area (Å²) in [5.41, 5.74) is 0.0480. The number of pyridine rings is 1. The third kappa shape index (κ3) is 3.00. The zero-order chi connectivity index (χ0) is 13.0. The highest BCUT2D eigenvalue weighted by atomic mass is 19.1. The second-order valence-corrected chi connectivity index (χ2v) is 3.39. The number of amides is 2. The summed E-state index contributed by atoms with van der Waals surface area (Å²) in [5.74, 6) is 0.147. The highest BCUT2D eigenvalue weighted by Crippen LogP contribution is 2.10. The Morgan fingerprint density at radius 2 is 2.39 bits per heavy atom. The van der Waals surface area contributed by atoms with Crippen LogP contribution >= 0.6 is 0 Å². The molecule has 2 aromatic rings. The van der Waals surface area contributed by atoms with Crippen LogP contribution in [0.3, 0.4) is 0 Å². The first-order chi connectivity index (χ1) is 8.65. The molecule has 0 radical (unpaired) electrons. The van der Waals surface area contributed by atoms with E-state index in [1.807, 2.05) is 0 Å². The van der Waals surface area contributed by atoms with E-state index in [2.05, 4.69) is 25.8 Å². The van der Waals surface area contributed by atoms with Gasteiger partial charge in [0.1, 0.15) is 0 Å². The number of hydrogen-bond donors (Lipinski definition) is 2. The molecule has 2 aromatic heterocycles. The number of urea groups is 1. The largest absolute Gasteiger partial charge is 0.340 e. The lowest BCUT2D eigenvalue weighted by Gasteiger charge is -2.06. The summed E-state index contributed by atoms with van der Waals surface area (Å²) in [5, 5.41) is 8.40. The van der Waals surface area contributed by atoms with Gasteiger partial charge in [-0.15, -0.1) is 0 Å². The van der Waals surface area contributed by atoms with Gasteiger partial charge in [-0.2, -0.15) is 4.98 Å². The maximum absolute atomic E-state index is 13.2. The molecule has 0 saturated carbocycles. The summed E-state index contributed by atoms with van der Waals surface area (Å²) in [6, 6.07) is 0.787. The fraction of sp³-hybridized carbons (Fsp3) is 0.200. The minimum atomic E-state index is -0.608. The lowest BCUT2D eigenvalue weighted by Crippen LogP contribution is -2.29. The topological polar surface area (TPSA) is 92.9 Å². The van der Waals surface area contributed by atoms with Crippen molar-refractivity contribution in [1.82, 2.24) is 20.4 Å². The van der Waals surface area contributed by atoms with Gasteiger partial charge < -0.3 is 15.2 Å². The third-order valence-corrected chi connectivity index (χ3v) is 2.00. The first-order valence-electron chi connectivity index (χ1n) is 5.08.